The van der Waals surface area contributed by atoms with Crippen molar-refractivity contribution in [1.29, 1.82) is 0 Å². The highest BCUT2D eigenvalue weighted by molar-refractivity contribution is 7.45. The van der Waals surface area contributed by atoms with Gasteiger partial charge < -0.3 is 14.7 Å². The molecular weight excluding hydrogens is 215 g/mol. The van der Waals surface area contributed by atoms with Crippen LogP contribution in [0.3, 0.4) is 0 Å². The van der Waals surface area contributed by atoms with Crippen LogP contribution in [-0.2, 0) is 14.2 Å². The molecule has 0 amide bonds. The molecule has 8 heteroatoms. The molecule has 0 aromatic heterocycles. The lowest BCUT2D eigenvalue weighted by Crippen LogP contribution is -2.02. The Kier molecular flexibility index (Phi) is 8.22. The molecule has 4 N–H and O–H groups in total. The van der Waals surface area contributed by atoms with E-state index in [1.165, 1.54) is 6.08 Å². The third-order valence-electron chi connectivity index (χ3n) is 0.762. The molecule has 0 aliphatic rings. The number of hydrogen-bond acceptors (Lipinski definition) is 4. The van der Waals surface area contributed by atoms with E-state index in [1.54, 1.807) is 0 Å². The molecule has 7 nitrogen and oxygen atoms in total. The highest BCUT2D eigenvalue weighted by atomic mass is 31.2. The van der Waals surface area contributed by atoms with Gasteiger partial charge in [0, 0.05) is 5.57 Å². The van der Waals surface area contributed by atoms with Crippen molar-refractivity contribution in [2.75, 3.05) is 0 Å². The van der Waals surface area contributed by atoms with Crippen LogP contribution in [0.15, 0.2) is 24.8 Å². The van der Waals surface area contributed by atoms with Crippen LogP contribution in [0.1, 0.15) is 6.42 Å². The van der Waals surface area contributed by atoms with E-state index in [0.717, 1.165) is 0 Å². The number of carbonyl (C=O) groups is 1. The molecule has 0 saturated carbocycles. The second-order valence-corrected chi connectivity index (χ2v) is 3.01. The molecule has 82 valence electrons. The summed E-state index contributed by atoms with van der Waals surface area (Å²) in [6, 6.07) is 0. The lowest BCUT2D eigenvalue weighted by Gasteiger charge is -1.94. The lowest BCUT2D eigenvalue weighted by molar-refractivity contribution is -0.229. The fraction of sp³-hybridized carbons (Fsp3) is 0.167. The van der Waals surface area contributed by atoms with E-state index in [0.29, 0.717) is 6.42 Å². The standard InChI is InChI=1S/C6H8O3.H3O4P/c1-3-4-5(2)6(7)9-8;1-5(2,3)4/h3,8H,1-2,4H2;(H3,1,2,3,4). The summed E-state index contributed by atoms with van der Waals surface area (Å²) in [6.45, 7) is 6.68. The molecule has 14 heavy (non-hydrogen) atoms. The minimum absolute atomic E-state index is 0.188. The van der Waals surface area contributed by atoms with Crippen LogP contribution in [-0.4, -0.2) is 25.9 Å². The van der Waals surface area contributed by atoms with E-state index in [9.17, 15) is 4.79 Å². The summed E-state index contributed by atoms with van der Waals surface area (Å²) in [5.41, 5.74) is 0.188. The molecule has 0 aliphatic heterocycles. The Balaban J connectivity index is 0. The second kappa shape index (κ2) is 7.43. The van der Waals surface area contributed by atoms with Crippen LogP contribution in [0.25, 0.3) is 0 Å². The molecule has 0 atom stereocenters. The van der Waals surface area contributed by atoms with Crippen molar-refractivity contribution in [3.05, 3.63) is 24.8 Å². The quantitative estimate of drug-likeness (QED) is 0.178. The smallest absolute Gasteiger partial charge is 0.303 e. The van der Waals surface area contributed by atoms with Crippen molar-refractivity contribution in [3.8, 4) is 0 Å². The minimum atomic E-state index is -4.64. The van der Waals surface area contributed by atoms with Crippen molar-refractivity contribution < 1.29 is 34.2 Å². The normalized spacial score (nSPS) is 9.43. The molecule has 0 heterocycles. The molecule has 0 aliphatic carbocycles. The van der Waals surface area contributed by atoms with Gasteiger partial charge in [0.1, 0.15) is 0 Å². The van der Waals surface area contributed by atoms with Gasteiger partial charge in [-0.1, -0.05) is 12.7 Å². The third-order valence-corrected chi connectivity index (χ3v) is 0.762. The van der Waals surface area contributed by atoms with E-state index in [1.807, 2.05) is 0 Å². The van der Waals surface area contributed by atoms with E-state index in [-0.39, 0.29) is 5.57 Å². The Morgan fingerprint density at radius 2 is 1.79 bits per heavy atom. The molecule has 0 unspecified atom stereocenters. The first-order valence-electron chi connectivity index (χ1n) is 3.15. The highest BCUT2D eigenvalue weighted by Crippen LogP contribution is 2.25. The number of phosphoric acid groups is 1. The van der Waals surface area contributed by atoms with Crippen LogP contribution < -0.4 is 0 Å². The summed E-state index contributed by atoms with van der Waals surface area (Å²) < 4.78 is 8.88. The summed E-state index contributed by atoms with van der Waals surface area (Å²) in [4.78, 5) is 35.2. The molecule has 0 bridgehead atoms. The lowest BCUT2D eigenvalue weighted by atomic mass is 10.2. The second-order valence-electron chi connectivity index (χ2n) is 1.99. The largest absolute Gasteiger partial charge is 0.466 e. The van der Waals surface area contributed by atoms with Gasteiger partial charge in [-0.05, 0) is 6.42 Å². The van der Waals surface area contributed by atoms with E-state index < -0.39 is 13.8 Å². The topological polar surface area (TPSA) is 124 Å². The Labute approximate surface area is 80.1 Å². The molecular formula is C6H11O7P. The average molecular weight is 226 g/mol. The Morgan fingerprint density at radius 3 is 2.00 bits per heavy atom. The van der Waals surface area contributed by atoms with Crippen LogP contribution in [0, 0.1) is 0 Å². The number of rotatable bonds is 3. The number of allylic oxidation sites excluding steroid dienone is 1. The molecule has 0 aromatic rings. The van der Waals surface area contributed by atoms with Gasteiger partial charge in [-0.15, -0.1) is 6.58 Å². The highest BCUT2D eigenvalue weighted by Gasteiger charge is 2.04. The van der Waals surface area contributed by atoms with Gasteiger partial charge in [-0.3, -0.25) is 4.89 Å². The first kappa shape index (κ1) is 15.5. The van der Waals surface area contributed by atoms with Gasteiger partial charge in [0.15, 0.2) is 0 Å². The van der Waals surface area contributed by atoms with E-state index in [4.69, 9.17) is 24.5 Å². The van der Waals surface area contributed by atoms with Crippen LogP contribution >= 0.6 is 7.82 Å². The van der Waals surface area contributed by atoms with Gasteiger partial charge in [-0.25, -0.2) is 9.36 Å². The van der Waals surface area contributed by atoms with Crippen LogP contribution in [0.5, 0.6) is 0 Å². The Bertz CT molecular complexity index is 245. The predicted octanol–water partition coefficient (Wildman–Crippen LogP) is 0.206. The minimum Gasteiger partial charge on any atom is -0.303 e. The van der Waals surface area contributed by atoms with Crippen molar-refractivity contribution in [2.45, 2.75) is 6.42 Å². The van der Waals surface area contributed by atoms with E-state index in [2.05, 4.69) is 18.0 Å². The van der Waals surface area contributed by atoms with Gasteiger partial charge in [0.25, 0.3) is 0 Å². The summed E-state index contributed by atoms with van der Waals surface area (Å²) in [5, 5.41) is 7.79. The summed E-state index contributed by atoms with van der Waals surface area (Å²) in [6.07, 6.45) is 1.83. The van der Waals surface area contributed by atoms with Crippen LogP contribution in [0.4, 0.5) is 0 Å². The first-order valence-corrected chi connectivity index (χ1v) is 4.71. The molecule has 0 fully saturated rings. The van der Waals surface area contributed by atoms with Crippen LogP contribution in [0.2, 0.25) is 0 Å². The maximum Gasteiger partial charge on any atom is 0.466 e. The molecule has 0 rings (SSSR count). The van der Waals surface area contributed by atoms with Gasteiger partial charge in [0.2, 0.25) is 0 Å². The zero-order chi connectivity index (χ0) is 11.8. The number of carbonyl (C=O) groups excluding carboxylic acids is 1. The zero-order valence-corrected chi connectivity index (χ0v) is 8.05. The number of hydrogen-bond donors (Lipinski definition) is 4. The summed E-state index contributed by atoms with van der Waals surface area (Å²) >= 11 is 0. The fourth-order valence-corrected chi connectivity index (χ4v) is 0.322. The molecule has 0 radical (unpaired) electrons. The zero-order valence-electron chi connectivity index (χ0n) is 7.16. The average Bonchev–Trinajstić information content (AvgIpc) is 2.00. The van der Waals surface area contributed by atoms with Gasteiger partial charge in [-0.2, -0.15) is 5.26 Å². The summed E-state index contributed by atoms with van der Waals surface area (Å²) in [7, 11) is -4.64. The molecule has 0 aromatic carbocycles. The van der Waals surface area contributed by atoms with Crippen molar-refractivity contribution in [1.82, 2.24) is 0 Å². The first-order chi connectivity index (χ1) is 6.22. The molecule has 0 spiro atoms. The summed E-state index contributed by atoms with van der Waals surface area (Å²) in [5.74, 6) is -0.810. The molecule has 0 saturated heterocycles. The monoisotopic (exact) mass is 226 g/mol. The van der Waals surface area contributed by atoms with Crippen molar-refractivity contribution >= 4 is 13.8 Å². The Morgan fingerprint density at radius 1 is 1.43 bits per heavy atom. The predicted molar refractivity (Wildman–Crippen MR) is 46.9 cm³/mol. The van der Waals surface area contributed by atoms with Crippen molar-refractivity contribution in [2.24, 2.45) is 0 Å². The Hall–Kier alpha value is -0.980. The fourth-order valence-electron chi connectivity index (χ4n) is 0.322. The van der Waals surface area contributed by atoms with Gasteiger partial charge in [0.05, 0.1) is 0 Å². The van der Waals surface area contributed by atoms with Crippen molar-refractivity contribution in [3.63, 3.8) is 0 Å². The maximum absolute atomic E-state index is 10.3. The van der Waals surface area contributed by atoms with E-state index >= 15 is 0 Å². The van der Waals surface area contributed by atoms with Gasteiger partial charge >= 0.3 is 13.8 Å². The maximum atomic E-state index is 10.3. The third kappa shape index (κ3) is 17.2. The SMILES string of the molecule is C=CCC(=C)C(=O)OO.O=P(O)(O)O.